The Balaban J connectivity index is 1.26. The van der Waals surface area contributed by atoms with Gasteiger partial charge in [0.05, 0.1) is 12.7 Å². The molecular formula is C38H46N4O8S2. The monoisotopic (exact) mass is 750 g/mol. The highest BCUT2D eigenvalue weighted by atomic mass is 32.2. The van der Waals surface area contributed by atoms with Crippen molar-refractivity contribution in [2.45, 2.75) is 106 Å². The summed E-state index contributed by atoms with van der Waals surface area (Å²) in [7, 11) is -4.17. The molecule has 1 aliphatic carbocycles. The Hall–Kier alpha value is -4.27. The summed E-state index contributed by atoms with van der Waals surface area (Å²) in [5.41, 5.74) is -1.38. The molecule has 0 radical (unpaired) electrons. The van der Waals surface area contributed by atoms with E-state index in [-0.39, 0.29) is 30.2 Å². The average Bonchev–Trinajstić information content (AvgIpc) is 3.42. The van der Waals surface area contributed by atoms with Gasteiger partial charge in [0.1, 0.15) is 27.4 Å². The van der Waals surface area contributed by atoms with Crippen LogP contribution in [0.15, 0.2) is 76.3 Å². The molecule has 4 amide bonds. The number of sulfonamides is 1. The number of carbonyl (C=O) groups excluding carboxylic acids is 4. The zero-order valence-electron chi connectivity index (χ0n) is 29.6. The molecule has 3 heterocycles. The molecule has 6 rings (SSSR count). The molecule has 12 nitrogen and oxygen atoms in total. The Labute approximate surface area is 308 Å². The van der Waals surface area contributed by atoms with Crippen molar-refractivity contribution in [3.63, 3.8) is 0 Å². The fraction of sp³-hybridized carbons (Fsp3) is 0.474. The predicted octanol–water partition coefficient (Wildman–Crippen LogP) is 5.18. The number of thiophene rings is 1. The molecule has 3 aliphatic rings. The molecule has 1 aromatic heterocycles. The van der Waals surface area contributed by atoms with Gasteiger partial charge in [-0.1, -0.05) is 67.5 Å². The van der Waals surface area contributed by atoms with E-state index in [1.165, 1.54) is 11.0 Å². The standard InChI is InChI=1S/C38H46N4O8S2/c1-37(2,3)50-36(46)39-30-15-8-6-4-5-7-14-28-22-38(28,35(45)41-52(47,48)32-16-11-19-51-32)40-33(43)31-21-29(23-42(31)34(30)44)49-24-25-17-18-26-12-9-10-13-27(26)20-25/h7,9-14,16-20,28-31H,4-6,8,15,21-24H2,1-3H3,(H,39,46)(H,40,43)(H,41,45)/b14-7-/t28-,29-,30+,31+,38-/m1/s1. The third kappa shape index (κ3) is 8.84. The summed E-state index contributed by atoms with van der Waals surface area (Å²) in [6.45, 7) is 5.52. The highest BCUT2D eigenvalue weighted by molar-refractivity contribution is 7.92. The quantitative estimate of drug-likeness (QED) is 0.279. The maximum atomic E-state index is 14.4. The van der Waals surface area contributed by atoms with E-state index in [4.69, 9.17) is 9.47 Å². The van der Waals surface area contributed by atoms with Crippen LogP contribution in [0, 0.1) is 5.92 Å². The van der Waals surface area contributed by atoms with Gasteiger partial charge in [0.15, 0.2) is 0 Å². The molecule has 52 heavy (non-hydrogen) atoms. The zero-order chi connectivity index (χ0) is 37.1. The number of benzene rings is 2. The van der Waals surface area contributed by atoms with Gasteiger partial charge < -0.3 is 25.0 Å². The van der Waals surface area contributed by atoms with Crippen molar-refractivity contribution in [3.05, 3.63) is 77.7 Å². The first-order valence-electron chi connectivity index (χ1n) is 17.7. The van der Waals surface area contributed by atoms with Crippen molar-refractivity contribution in [2.24, 2.45) is 5.92 Å². The topological polar surface area (TPSA) is 160 Å². The molecule has 0 unspecified atom stereocenters. The van der Waals surface area contributed by atoms with E-state index in [2.05, 4.69) is 15.4 Å². The number of hydrogen-bond donors (Lipinski definition) is 3. The second-order valence-corrected chi connectivity index (χ2v) is 17.6. The van der Waals surface area contributed by atoms with Crippen molar-refractivity contribution in [1.29, 1.82) is 0 Å². The number of carbonyl (C=O) groups is 4. The summed E-state index contributed by atoms with van der Waals surface area (Å²) in [6, 6.07) is 15.0. The largest absolute Gasteiger partial charge is 0.444 e. The van der Waals surface area contributed by atoms with Gasteiger partial charge in [-0.3, -0.25) is 14.4 Å². The Kier molecular flexibility index (Phi) is 11.1. The van der Waals surface area contributed by atoms with Crippen LogP contribution >= 0.6 is 11.3 Å². The first-order chi connectivity index (χ1) is 24.7. The van der Waals surface area contributed by atoms with Gasteiger partial charge in [0.25, 0.3) is 15.9 Å². The number of fused-ring (bicyclic) bond motifs is 3. The summed E-state index contributed by atoms with van der Waals surface area (Å²) in [5.74, 6) is -2.33. The Morgan fingerprint density at radius 1 is 1.04 bits per heavy atom. The first-order valence-corrected chi connectivity index (χ1v) is 20.1. The van der Waals surface area contributed by atoms with E-state index in [9.17, 15) is 27.6 Å². The fourth-order valence-electron chi connectivity index (χ4n) is 6.87. The van der Waals surface area contributed by atoms with E-state index in [1.807, 2.05) is 54.6 Å². The number of ether oxygens (including phenoxy) is 2. The fourth-order valence-corrected chi connectivity index (χ4v) is 8.90. The van der Waals surface area contributed by atoms with Crippen LogP contribution in [0.2, 0.25) is 0 Å². The second-order valence-electron chi connectivity index (χ2n) is 14.8. The summed E-state index contributed by atoms with van der Waals surface area (Å²) in [6.07, 6.45) is 6.11. The van der Waals surface area contributed by atoms with Crippen molar-refractivity contribution < 1.29 is 37.1 Å². The molecule has 1 saturated carbocycles. The maximum absolute atomic E-state index is 14.4. The van der Waals surface area contributed by atoms with Gasteiger partial charge in [0, 0.05) is 18.9 Å². The minimum absolute atomic E-state index is 0.0176. The van der Waals surface area contributed by atoms with Gasteiger partial charge in [-0.15, -0.1) is 11.3 Å². The van der Waals surface area contributed by atoms with Crippen LogP contribution in [0.1, 0.15) is 71.3 Å². The lowest BCUT2D eigenvalue weighted by molar-refractivity contribution is -0.141. The van der Waals surface area contributed by atoms with Crippen LogP contribution in [0.5, 0.6) is 0 Å². The highest BCUT2D eigenvalue weighted by Crippen LogP contribution is 2.46. The molecule has 2 aromatic carbocycles. The predicted molar refractivity (Wildman–Crippen MR) is 197 cm³/mol. The third-order valence-corrected chi connectivity index (χ3v) is 12.4. The van der Waals surface area contributed by atoms with Crippen LogP contribution in [-0.4, -0.2) is 73.0 Å². The molecule has 2 fully saturated rings. The lowest BCUT2D eigenvalue weighted by atomic mass is 10.0. The SMILES string of the molecule is CC(C)(C)OC(=O)N[C@H]1CCCCC/C=C\[C@@H]2C[C@@]2(C(=O)NS(=O)(=O)c2cccs2)NC(=O)[C@@H]2C[C@@H](OCc3ccc4ccccc4c3)CN2C1=O. The summed E-state index contributed by atoms with van der Waals surface area (Å²) in [4.78, 5) is 56.7. The van der Waals surface area contributed by atoms with Gasteiger partial charge in [-0.25, -0.2) is 17.9 Å². The zero-order valence-corrected chi connectivity index (χ0v) is 31.3. The van der Waals surface area contributed by atoms with E-state index in [0.717, 1.165) is 40.5 Å². The minimum Gasteiger partial charge on any atom is -0.444 e. The molecule has 5 atom stereocenters. The second kappa shape index (κ2) is 15.4. The average molecular weight is 751 g/mol. The van der Waals surface area contributed by atoms with Crippen LogP contribution < -0.4 is 15.4 Å². The van der Waals surface area contributed by atoms with Crippen molar-refractivity contribution in [1.82, 2.24) is 20.3 Å². The van der Waals surface area contributed by atoms with Crippen LogP contribution in [-0.2, 0) is 40.5 Å². The molecule has 0 spiro atoms. The number of hydrogen-bond acceptors (Lipinski definition) is 9. The molecule has 3 N–H and O–H groups in total. The number of nitrogens with one attached hydrogen (secondary N) is 3. The molecule has 3 aromatic rings. The number of alkyl carbamates (subject to hydrolysis) is 1. The molecule has 1 saturated heterocycles. The number of allylic oxidation sites excluding steroid dienone is 1. The summed E-state index contributed by atoms with van der Waals surface area (Å²) < 4.78 is 40.1. The third-order valence-electron chi connectivity index (χ3n) is 9.62. The minimum atomic E-state index is -4.17. The smallest absolute Gasteiger partial charge is 0.408 e. The van der Waals surface area contributed by atoms with Crippen LogP contribution in [0.4, 0.5) is 4.79 Å². The molecule has 278 valence electrons. The molecule has 14 heteroatoms. The highest BCUT2D eigenvalue weighted by Gasteiger charge is 2.61. The van der Waals surface area contributed by atoms with Gasteiger partial charge in [-0.05, 0) is 80.3 Å². The van der Waals surface area contributed by atoms with Gasteiger partial charge >= 0.3 is 6.09 Å². The van der Waals surface area contributed by atoms with Crippen molar-refractivity contribution >= 4 is 55.9 Å². The molecule has 0 bridgehead atoms. The first kappa shape index (κ1) is 37.5. The normalized spacial score (nSPS) is 26.2. The van der Waals surface area contributed by atoms with Crippen molar-refractivity contribution in [2.75, 3.05) is 6.54 Å². The van der Waals surface area contributed by atoms with Crippen LogP contribution in [0.3, 0.4) is 0 Å². The van der Waals surface area contributed by atoms with Crippen molar-refractivity contribution in [3.8, 4) is 0 Å². The lowest BCUT2D eigenvalue weighted by Gasteiger charge is -2.30. The summed E-state index contributed by atoms with van der Waals surface area (Å²) >= 11 is 0.979. The van der Waals surface area contributed by atoms with Gasteiger partial charge in [0.2, 0.25) is 11.8 Å². The molecule has 2 aliphatic heterocycles. The maximum Gasteiger partial charge on any atom is 0.408 e. The van der Waals surface area contributed by atoms with E-state index in [1.54, 1.807) is 32.2 Å². The van der Waals surface area contributed by atoms with Crippen LogP contribution in [0.25, 0.3) is 10.8 Å². The Morgan fingerprint density at radius 2 is 1.83 bits per heavy atom. The number of amides is 4. The molecular weight excluding hydrogens is 705 g/mol. The number of nitrogens with zero attached hydrogens (tertiary/aromatic N) is 1. The van der Waals surface area contributed by atoms with Gasteiger partial charge in [-0.2, -0.15) is 0 Å². The Morgan fingerprint density at radius 3 is 2.58 bits per heavy atom. The lowest BCUT2D eigenvalue weighted by Crippen LogP contribution is -2.58. The Bertz CT molecular complexity index is 1940. The van der Waals surface area contributed by atoms with E-state index in [0.29, 0.717) is 19.3 Å². The number of rotatable bonds is 7. The van der Waals surface area contributed by atoms with E-state index >= 15 is 0 Å². The van der Waals surface area contributed by atoms with E-state index < -0.39 is 69.1 Å². The summed E-state index contributed by atoms with van der Waals surface area (Å²) in [5, 5.41) is 9.38.